The second-order valence-electron chi connectivity index (χ2n) is 3.05. The molecular formula is C9H8Cl2N2O. The van der Waals surface area contributed by atoms with Crippen LogP contribution < -0.4 is 10.6 Å². The number of urea groups is 1. The van der Waals surface area contributed by atoms with Crippen LogP contribution in [0.5, 0.6) is 0 Å². The molecule has 1 fully saturated rings. The molecule has 3 nitrogen and oxygen atoms in total. The van der Waals surface area contributed by atoms with Crippen LogP contribution in [0.3, 0.4) is 0 Å². The zero-order valence-corrected chi connectivity index (χ0v) is 8.69. The minimum Gasteiger partial charge on any atom is -0.336 e. The molecule has 2 rings (SSSR count). The SMILES string of the molecule is O=C1NC[C@H](c2cccc(Cl)c2Cl)N1. The third-order valence-corrected chi connectivity index (χ3v) is 2.96. The highest BCUT2D eigenvalue weighted by molar-refractivity contribution is 6.42. The van der Waals surface area contributed by atoms with Gasteiger partial charge >= 0.3 is 6.03 Å². The molecule has 0 unspecified atom stereocenters. The first kappa shape index (κ1) is 9.62. The number of rotatable bonds is 1. The number of carbonyl (C=O) groups is 1. The van der Waals surface area contributed by atoms with Gasteiger partial charge in [0, 0.05) is 6.54 Å². The molecule has 0 bridgehead atoms. The van der Waals surface area contributed by atoms with E-state index in [2.05, 4.69) is 10.6 Å². The first-order valence-corrected chi connectivity index (χ1v) is 4.92. The summed E-state index contributed by atoms with van der Waals surface area (Å²) in [6.45, 7) is 0.541. The summed E-state index contributed by atoms with van der Waals surface area (Å²) in [6, 6.07) is 5.12. The van der Waals surface area contributed by atoms with Crippen LogP contribution in [-0.4, -0.2) is 12.6 Å². The van der Waals surface area contributed by atoms with Crippen LogP contribution in [0.25, 0.3) is 0 Å². The van der Waals surface area contributed by atoms with Crippen molar-refractivity contribution in [2.45, 2.75) is 6.04 Å². The van der Waals surface area contributed by atoms with E-state index in [1.165, 1.54) is 0 Å². The molecule has 0 saturated carbocycles. The van der Waals surface area contributed by atoms with Crippen LogP contribution in [0.2, 0.25) is 10.0 Å². The third kappa shape index (κ3) is 1.65. The van der Waals surface area contributed by atoms with Gasteiger partial charge in [-0.1, -0.05) is 35.3 Å². The second-order valence-corrected chi connectivity index (χ2v) is 3.84. The van der Waals surface area contributed by atoms with Crippen molar-refractivity contribution in [3.05, 3.63) is 33.8 Å². The maximum absolute atomic E-state index is 10.9. The number of halogens is 2. The largest absolute Gasteiger partial charge is 0.336 e. The summed E-state index contributed by atoms with van der Waals surface area (Å²) in [5.41, 5.74) is 0.845. The first-order valence-electron chi connectivity index (χ1n) is 4.17. The monoisotopic (exact) mass is 230 g/mol. The Morgan fingerprint density at radius 3 is 2.79 bits per heavy atom. The lowest BCUT2D eigenvalue weighted by Gasteiger charge is -2.11. The van der Waals surface area contributed by atoms with Crippen molar-refractivity contribution in [3.8, 4) is 0 Å². The van der Waals surface area contributed by atoms with Gasteiger partial charge in [0.05, 0.1) is 16.1 Å². The van der Waals surface area contributed by atoms with E-state index >= 15 is 0 Å². The fourth-order valence-corrected chi connectivity index (χ4v) is 1.87. The van der Waals surface area contributed by atoms with Crippen molar-refractivity contribution < 1.29 is 4.79 Å². The third-order valence-electron chi connectivity index (χ3n) is 2.13. The number of amides is 2. The average Bonchev–Trinajstić information content (AvgIpc) is 2.57. The van der Waals surface area contributed by atoms with Crippen LogP contribution in [0.15, 0.2) is 18.2 Å². The molecule has 1 aliphatic rings. The Morgan fingerprint density at radius 2 is 2.14 bits per heavy atom. The van der Waals surface area contributed by atoms with Gasteiger partial charge in [-0.25, -0.2) is 4.79 Å². The van der Waals surface area contributed by atoms with E-state index in [0.717, 1.165) is 5.56 Å². The molecule has 1 atom stereocenters. The average molecular weight is 231 g/mol. The normalized spacial score (nSPS) is 20.4. The summed E-state index contributed by atoms with van der Waals surface area (Å²) in [7, 11) is 0. The van der Waals surface area contributed by atoms with Crippen molar-refractivity contribution in [3.63, 3.8) is 0 Å². The van der Waals surface area contributed by atoms with Crippen molar-refractivity contribution in [1.29, 1.82) is 0 Å². The van der Waals surface area contributed by atoms with Gasteiger partial charge in [-0.2, -0.15) is 0 Å². The minimum absolute atomic E-state index is 0.0892. The summed E-state index contributed by atoms with van der Waals surface area (Å²) >= 11 is 11.9. The molecule has 0 aromatic heterocycles. The fourth-order valence-electron chi connectivity index (χ4n) is 1.43. The van der Waals surface area contributed by atoms with Crippen LogP contribution in [0.4, 0.5) is 4.79 Å². The molecule has 1 aromatic carbocycles. The highest BCUT2D eigenvalue weighted by Crippen LogP contribution is 2.30. The first-order chi connectivity index (χ1) is 6.68. The van der Waals surface area contributed by atoms with Crippen LogP contribution in [0, 0.1) is 0 Å². The molecule has 74 valence electrons. The summed E-state index contributed by atoms with van der Waals surface area (Å²) in [5, 5.41) is 6.42. The zero-order chi connectivity index (χ0) is 10.1. The molecular weight excluding hydrogens is 223 g/mol. The Balaban J connectivity index is 2.32. The number of carbonyl (C=O) groups excluding carboxylic acids is 1. The van der Waals surface area contributed by atoms with Crippen LogP contribution in [-0.2, 0) is 0 Å². The molecule has 14 heavy (non-hydrogen) atoms. The molecule has 1 aliphatic heterocycles. The quantitative estimate of drug-likeness (QED) is 0.765. The standard InChI is InChI=1S/C9H8Cl2N2O/c10-6-3-1-2-5(8(6)11)7-4-12-9(14)13-7/h1-3,7H,4H2,(H2,12,13,14)/t7-/m1/s1. The van der Waals surface area contributed by atoms with Gasteiger partial charge in [-0.05, 0) is 11.6 Å². The van der Waals surface area contributed by atoms with Gasteiger partial charge in [-0.15, -0.1) is 0 Å². The van der Waals surface area contributed by atoms with Crippen LogP contribution >= 0.6 is 23.2 Å². The van der Waals surface area contributed by atoms with Gasteiger partial charge in [-0.3, -0.25) is 0 Å². The van der Waals surface area contributed by atoms with Crippen LogP contribution in [0.1, 0.15) is 11.6 Å². The highest BCUT2D eigenvalue weighted by atomic mass is 35.5. The predicted octanol–water partition coefficient (Wildman–Crippen LogP) is 2.35. The van der Waals surface area contributed by atoms with E-state index in [-0.39, 0.29) is 12.1 Å². The summed E-state index contributed by atoms with van der Waals surface area (Å²) in [4.78, 5) is 10.9. The molecule has 0 aliphatic carbocycles. The zero-order valence-electron chi connectivity index (χ0n) is 7.18. The van der Waals surface area contributed by atoms with Crippen molar-refractivity contribution in [1.82, 2.24) is 10.6 Å². The van der Waals surface area contributed by atoms with Gasteiger partial charge in [0.25, 0.3) is 0 Å². The predicted molar refractivity (Wildman–Crippen MR) is 55.7 cm³/mol. The fraction of sp³-hybridized carbons (Fsp3) is 0.222. The topological polar surface area (TPSA) is 41.1 Å². The van der Waals surface area contributed by atoms with Gasteiger partial charge in [0.15, 0.2) is 0 Å². The molecule has 2 N–H and O–H groups in total. The van der Waals surface area contributed by atoms with E-state index in [1.807, 2.05) is 12.1 Å². The molecule has 2 amide bonds. The van der Waals surface area contributed by atoms with Gasteiger partial charge < -0.3 is 10.6 Å². The molecule has 1 saturated heterocycles. The second kappa shape index (κ2) is 3.67. The Morgan fingerprint density at radius 1 is 1.36 bits per heavy atom. The molecule has 0 radical (unpaired) electrons. The minimum atomic E-state index is -0.175. The molecule has 1 aromatic rings. The number of benzene rings is 1. The van der Waals surface area contributed by atoms with Gasteiger partial charge in [0.1, 0.15) is 0 Å². The maximum Gasteiger partial charge on any atom is 0.315 e. The number of hydrogen-bond acceptors (Lipinski definition) is 1. The highest BCUT2D eigenvalue weighted by Gasteiger charge is 2.23. The number of nitrogens with one attached hydrogen (secondary N) is 2. The summed E-state index contributed by atoms with van der Waals surface area (Å²) < 4.78 is 0. The lowest BCUT2D eigenvalue weighted by molar-refractivity contribution is 0.247. The Hall–Kier alpha value is -0.930. The Bertz CT molecular complexity index is 381. The summed E-state index contributed by atoms with van der Waals surface area (Å²) in [5.74, 6) is 0. The summed E-state index contributed by atoms with van der Waals surface area (Å²) in [6.07, 6.45) is 0. The van der Waals surface area contributed by atoms with E-state index in [0.29, 0.717) is 16.6 Å². The van der Waals surface area contributed by atoms with E-state index < -0.39 is 0 Å². The lowest BCUT2D eigenvalue weighted by Crippen LogP contribution is -2.21. The van der Waals surface area contributed by atoms with Gasteiger partial charge in [0.2, 0.25) is 0 Å². The maximum atomic E-state index is 10.9. The Kier molecular flexibility index (Phi) is 2.52. The molecule has 5 heteroatoms. The van der Waals surface area contributed by atoms with E-state index in [9.17, 15) is 4.79 Å². The lowest BCUT2D eigenvalue weighted by atomic mass is 10.1. The van der Waals surface area contributed by atoms with Crippen molar-refractivity contribution in [2.75, 3.05) is 6.54 Å². The smallest absolute Gasteiger partial charge is 0.315 e. The Labute approximate surface area is 91.4 Å². The van der Waals surface area contributed by atoms with Crippen molar-refractivity contribution >= 4 is 29.2 Å². The number of hydrogen-bond donors (Lipinski definition) is 2. The molecule has 0 spiro atoms. The molecule has 1 heterocycles. The van der Waals surface area contributed by atoms with E-state index in [4.69, 9.17) is 23.2 Å². The van der Waals surface area contributed by atoms with Crippen molar-refractivity contribution in [2.24, 2.45) is 0 Å². The van der Waals surface area contributed by atoms with E-state index in [1.54, 1.807) is 6.07 Å².